The predicted molar refractivity (Wildman–Crippen MR) is 131 cm³/mol. The summed E-state index contributed by atoms with van der Waals surface area (Å²) in [6.07, 6.45) is 1.71. The van der Waals surface area contributed by atoms with Crippen molar-refractivity contribution in [3.63, 3.8) is 0 Å². The van der Waals surface area contributed by atoms with Crippen molar-refractivity contribution in [2.75, 3.05) is 38.6 Å². The summed E-state index contributed by atoms with van der Waals surface area (Å²) in [4.78, 5) is 2.79. The van der Waals surface area contributed by atoms with Crippen LogP contribution in [0, 0.1) is 5.92 Å². The zero-order chi connectivity index (χ0) is 23.6. The molecule has 33 heavy (non-hydrogen) atoms. The van der Waals surface area contributed by atoms with Gasteiger partial charge in [-0.2, -0.15) is 0 Å². The van der Waals surface area contributed by atoms with Gasteiger partial charge in [0.15, 0.2) is 0 Å². The first-order valence-electron chi connectivity index (χ1n) is 10.9. The van der Waals surface area contributed by atoms with E-state index < -0.39 is 20.0 Å². The molecule has 0 aliphatic carbocycles. The minimum Gasteiger partial charge on any atom is -0.372 e. The third kappa shape index (κ3) is 5.06. The van der Waals surface area contributed by atoms with Crippen molar-refractivity contribution in [3.8, 4) is 0 Å². The zero-order valence-corrected chi connectivity index (χ0v) is 20.4. The maximum atomic E-state index is 13.0. The van der Waals surface area contributed by atoms with E-state index in [0.717, 1.165) is 42.4 Å². The summed E-state index contributed by atoms with van der Waals surface area (Å²) in [6.45, 7) is 1.99. The van der Waals surface area contributed by atoms with Crippen molar-refractivity contribution in [2.24, 2.45) is 5.92 Å². The maximum Gasteiger partial charge on any atom is 0.242 e. The highest BCUT2D eigenvalue weighted by Crippen LogP contribution is 2.26. The number of piperidine rings is 1. The van der Waals surface area contributed by atoms with E-state index in [4.69, 9.17) is 0 Å². The molecule has 0 atom stereocenters. The summed E-state index contributed by atoms with van der Waals surface area (Å²) in [5.41, 5.74) is 0.975. The molecule has 1 aliphatic rings. The number of hydrogen-bond donors (Lipinski definition) is 1. The standard InChI is InChI=1S/C24H29N3O4S2/c1-26(2)33(30,31)22-12-10-21(11-13-22)27-16-14-19(15-17-27)18-25-32(28,29)24-9-5-7-20-6-3-4-8-23(20)24/h3-13,19,25H,14-18H2,1-2H3. The average Bonchev–Trinajstić information content (AvgIpc) is 2.83. The molecular weight excluding hydrogens is 458 g/mol. The molecule has 1 aliphatic heterocycles. The van der Waals surface area contributed by atoms with Gasteiger partial charge in [-0.1, -0.05) is 36.4 Å². The Balaban J connectivity index is 1.36. The van der Waals surface area contributed by atoms with E-state index in [1.54, 1.807) is 24.3 Å². The molecule has 3 aromatic carbocycles. The predicted octanol–water partition coefficient (Wildman–Crippen LogP) is 3.29. The lowest BCUT2D eigenvalue weighted by molar-refractivity contribution is 0.402. The van der Waals surface area contributed by atoms with Gasteiger partial charge in [0, 0.05) is 44.8 Å². The van der Waals surface area contributed by atoms with Crippen LogP contribution < -0.4 is 9.62 Å². The fourth-order valence-electron chi connectivity index (χ4n) is 4.17. The molecule has 1 fully saturated rings. The Morgan fingerprint density at radius 1 is 0.879 bits per heavy atom. The molecule has 0 spiro atoms. The molecule has 1 N–H and O–H groups in total. The lowest BCUT2D eigenvalue weighted by Gasteiger charge is -2.33. The van der Waals surface area contributed by atoms with Crippen LogP contribution in [0.2, 0.25) is 0 Å². The number of rotatable bonds is 7. The molecule has 1 heterocycles. The third-order valence-electron chi connectivity index (χ3n) is 6.20. The number of nitrogens with zero attached hydrogens (tertiary/aromatic N) is 2. The smallest absolute Gasteiger partial charge is 0.242 e. The fourth-order valence-corrected chi connectivity index (χ4v) is 6.42. The Hall–Kier alpha value is -2.46. The average molecular weight is 488 g/mol. The molecule has 7 nitrogen and oxygen atoms in total. The van der Waals surface area contributed by atoms with Gasteiger partial charge in [0.2, 0.25) is 20.0 Å². The van der Waals surface area contributed by atoms with Crippen LogP contribution in [0.4, 0.5) is 5.69 Å². The Kier molecular flexibility index (Phi) is 6.76. The van der Waals surface area contributed by atoms with Crippen LogP contribution in [-0.4, -0.2) is 54.9 Å². The SMILES string of the molecule is CN(C)S(=O)(=O)c1ccc(N2CCC(CNS(=O)(=O)c3cccc4ccccc34)CC2)cc1. The van der Waals surface area contributed by atoms with Gasteiger partial charge >= 0.3 is 0 Å². The van der Waals surface area contributed by atoms with E-state index in [-0.39, 0.29) is 10.8 Å². The Bertz CT molecular complexity index is 1320. The molecule has 9 heteroatoms. The van der Waals surface area contributed by atoms with Crippen molar-refractivity contribution in [1.82, 2.24) is 9.03 Å². The van der Waals surface area contributed by atoms with E-state index in [1.165, 1.54) is 18.4 Å². The maximum absolute atomic E-state index is 13.0. The molecular formula is C24H29N3O4S2. The first kappa shape index (κ1) is 23.7. The van der Waals surface area contributed by atoms with Crippen molar-refractivity contribution in [3.05, 3.63) is 66.7 Å². The third-order valence-corrected chi connectivity index (χ3v) is 9.51. The number of hydrogen-bond acceptors (Lipinski definition) is 5. The van der Waals surface area contributed by atoms with Gasteiger partial charge in [-0.3, -0.25) is 0 Å². The van der Waals surface area contributed by atoms with Crippen LogP contribution in [-0.2, 0) is 20.0 Å². The molecule has 0 amide bonds. The van der Waals surface area contributed by atoms with Gasteiger partial charge in [0.25, 0.3) is 0 Å². The fraction of sp³-hybridized carbons (Fsp3) is 0.333. The summed E-state index contributed by atoms with van der Waals surface area (Å²) in [5, 5.41) is 1.63. The van der Waals surface area contributed by atoms with Crippen molar-refractivity contribution < 1.29 is 16.8 Å². The van der Waals surface area contributed by atoms with Gasteiger partial charge in [0.05, 0.1) is 9.79 Å². The Morgan fingerprint density at radius 2 is 1.52 bits per heavy atom. The number of anilines is 1. The van der Waals surface area contributed by atoms with Crippen LogP contribution in [0.3, 0.4) is 0 Å². The van der Waals surface area contributed by atoms with E-state index in [9.17, 15) is 16.8 Å². The minimum absolute atomic E-state index is 0.249. The number of benzene rings is 3. The van der Waals surface area contributed by atoms with Crippen molar-refractivity contribution in [2.45, 2.75) is 22.6 Å². The van der Waals surface area contributed by atoms with Crippen LogP contribution in [0.15, 0.2) is 76.5 Å². The summed E-state index contributed by atoms with van der Waals surface area (Å²) < 4.78 is 54.4. The number of nitrogens with one attached hydrogen (secondary N) is 1. The monoisotopic (exact) mass is 487 g/mol. The molecule has 0 bridgehead atoms. The second-order valence-corrected chi connectivity index (χ2v) is 12.4. The topological polar surface area (TPSA) is 86.8 Å². The summed E-state index contributed by atoms with van der Waals surface area (Å²) in [5.74, 6) is 0.249. The van der Waals surface area contributed by atoms with Gasteiger partial charge in [-0.15, -0.1) is 0 Å². The van der Waals surface area contributed by atoms with Crippen LogP contribution in [0.5, 0.6) is 0 Å². The van der Waals surface area contributed by atoms with E-state index in [0.29, 0.717) is 11.4 Å². The highest BCUT2D eigenvalue weighted by molar-refractivity contribution is 7.89. The van der Waals surface area contributed by atoms with Crippen LogP contribution in [0.25, 0.3) is 10.8 Å². The van der Waals surface area contributed by atoms with Gasteiger partial charge in [0.1, 0.15) is 0 Å². The molecule has 176 valence electrons. The van der Waals surface area contributed by atoms with Gasteiger partial charge in [-0.05, 0) is 54.5 Å². The van der Waals surface area contributed by atoms with E-state index in [2.05, 4.69) is 9.62 Å². The van der Waals surface area contributed by atoms with E-state index in [1.807, 2.05) is 42.5 Å². The lowest BCUT2D eigenvalue weighted by atomic mass is 9.97. The van der Waals surface area contributed by atoms with E-state index >= 15 is 0 Å². The van der Waals surface area contributed by atoms with Gasteiger partial charge < -0.3 is 4.90 Å². The zero-order valence-electron chi connectivity index (χ0n) is 18.8. The second-order valence-electron chi connectivity index (χ2n) is 8.54. The van der Waals surface area contributed by atoms with Crippen molar-refractivity contribution in [1.29, 1.82) is 0 Å². The second kappa shape index (κ2) is 9.42. The van der Waals surface area contributed by atoms with Gasteiger partial charge in [-0.25, -0.2) is 25.9 Å². The lowest BCUT2D eigenvalue weighted by Crippen LogP contribution is -2.38. The summed E-state index contributed by atoms with van der Waals surface area (Å²) >= 11 is 0. The molecule has 3 aromatic rings. The number of fused-ring (bicyclic) bond motifs is 1. The normalized spacial score (nSPS) is 15.9. The molecule has 0 aromatic heterocycles. The first-order chi connectivity index (χ1) is 15.7. The number of sulfonamides is 2. The molecule has 1 saturated heterocycles. The van der Waals surface area contributed by atoms with Crippen molar-refractivity contribution >= 4 is 36.5 Å². The minimum atomic E-state index is -3.60. The largest absolute Gasteiger partial charge is 0.372 e. The molecule has 0 unspecified atom stereocenters. The Labute approximate surface area is 196 Å². The summed E-state index contributed by atoms with van der Waals surface area (Å²) in [7, 11) is -4.01. The van der Waals surface area contributed by atoms with Crippen LogP contribution >= 0.6 is 0 Å². The highest BCUT2D eigenvalue weighted by Gasteiger charge is 2.24. The Morgan fingerprint density at radius 3 is 2.18 bits per heavy atom. The molecule has 0 radical (unpaired) electrons. The quantitative estimate of drug-likeness (QED) is 0.553. The van der Waals surface area contributed by atoms with Crippen LogP contribution in [0.1, 0.15) is 12.8 Å². The molecule has 0 saturated carbocycles. The summed E-state index contributed by atoms with van der Waals surface area (Å²) in [6, 6.07) is 19.7. The molecule has 4 rings (SSSR count). The first-order valence-corrected chi connectivity index (χ1v) is 13.9. The highest BCUT2D eigenvalue weighted by atomic mass is 32.2.